The highest BCUT2D eigenvalue weighted by molar-refractivity contribution is 14.0. The maximum absolute atomic E-state index is 13.9. The monoisotopic (exact) mass is 537 g/mol. The maximum Gasteiger partial charge on any atom is 0.236 e. The van der Waals surface area contributed by atoms with Crippen LogP contribution in [0.2, 0.25) is 0 Å². The van der Waals surface area contributed by atoms with Crippen LogP contribution in [-0.4, -0.2) is 92.1 Å². The molecule has 1 aromatic carbocycles. The van der Waals surface area contributed by atoms with Gasteiger partial charge in [-0.3, -0.25) is 9.69 Å². The zero-order valence-electron chi connectivity index (χ0n) is 17.3. The predicted octanol–water partition coefficient (Wildman–Crippen LogP) is 1.52. The van der Waals surface area contributed by atoms with E-state index in [-0.39, 0.29) is 42.0 Å². The molecule has 0 unspecified atom stereocenters. The van der Waals surface area contributed by atoms with Crippen molar-refractivity contribution < 1.29 is 18.3 Å². The van der Waals surface area contributed by atoms with Crippen LogP contribution >= 0.6 is 24.0 Å². The molecule has 2 saturated heterocycles. The summed E-state index contributed by atoms with van der Waals surface area (Å²) in [6.07, 6.45) is 0. The second kappa shape index (κ2) is 12.4. The third kappa shape index (κ3) is 7.02. The molecule has 1 N–H and O–H groups in total. The summed E-state index contributed by atoms with van der Waals surface area (Å²) in [4.78, 5) is 23.0. The van der Waals surface area contributed by atoms with E-state index >= 15 is 0 Å². The van der Waals surface area contributed by atoms with Crippen LogP contribution in [0.25, 0.3) is 0 Å². The van der Waals surface area contributed by atoms with Crippen molar-refractivity contribution in [2.45, 2.75) is 13.5 Å². The van der Waals surface area contributed by atoms with Crippen LogP contribution in [0.3, 0.4) is 0 Å². The first kappa shape index (κ1) is 24.7. The molecule has 2 aliphatic rings. The summed E-state index contributed by atoms with van der Waals surface area (Å²) in [5.74, 6) is -0.114. The van der Waals surface area contributed by atoms with E-state index in [0.29, 0.717) is 58.4 Å². The number of benzene rings is 1. The predicted molar refractivity (Wildman–Crippen MR) is 122 cm³/mol. The van der Waals surface area contributed by atoms with Crippen molar-refractivity contribution in [3.63, 3.8) is 0 Å². The minimum Gasteiger partial charge on any atom is -0.378 e. The number of morpholine rings is 1. The Balaban J connectivity index is 0.00000320. The lowest BCUT2D eigenvalue weighted by Crippen LogP contribution is -2.54. The van der Waals surface area contributed by atoms with Crippen molar-refractivity contribution in [2.24, 2.45) is 4.99 Å². The Morgan fingerprint density at radius 1 is 1.10 bits per heavy atom. The molecule has 2 heterocycles. The summed E-state index contributed by atoms with van der Waals surface area (Å²) in [7, 11) is 0. The molecule has 10 heteroatoms. The molecule has 0 atom stereocenters. The van der Waals surface area contributed by atoms with Crippen LogP contribution in [0.5, 0.6) is 0 Å². The van der Waals surface area contributed by atoms with Crippen molar-refractivity contribution in [1.82, 2.24) is 20.0 Å². The molecule has 0 spiro atoms. The number of carbonyl (C=O) groups excluding carboxylic acids is 1. The molecule has 7 nitrogen and oxygen atoms in total. The zero-order valence-corrected chi connectivity index (χ0v) is 19.6. The van der Waals surface area contributed by atoms with Crippen molar-refractivity contribution >= 4 is 35.8 Å². The van der Waals surface area contributed by atoms with Gasteiger partial charge in [-0.05, 0) is 25.1 Å². The minimum absolute atomic E-state index is 0. The average molecular weight is 537 g/mol. The summed E-state index contributed by atoms with van der Waals surface area (Å²) in [6.45, 7) is 8.58. The molecular formula is C20H30F2IN5O2. The topological polar surface area (TPSA) is 60.4 Å². The van der Waals surface area contributed by atoms with Crippen molar-refractivity contribution in [3.8, 4) is 0 Å². The Morgan fingerprint density at radius 2 is 1.80 bits per heavy atom. The Bertz CT molecular complexity index is 723. The van der Waals surface area contributed by atoms with Crippen LogP contribution in [0.4, 0.5) is 8.78 Å². The number of hydrogen-bond acceptors (Lipinski definition) is 4. The van der Waals surface area contributed by atoms with E-state index in [2.05, 4.69) is 20.1 Å². The first-order valence-electron chi connectivity index (χ1n) is 10.1. The molecule has 1 aromatic rings. The van der Waals surface area contributed by atoms with E-state index in [9.17, 15) is 13.6 Å². The highest BCUT2D eigenvalue weighted by Crippen LogP contribution is 2.12. The Labute approximate surface area is 193 Å². The normalized spacial score (nSPS) is 18.2. The van der Waals surface area contributed by atoms with Gasteiger partial charge in [-0.2, -0.15) is 0 Å². The van der Waals surface area contributed by atoms with Gasteiger partial charge in [0.15, 0.2) is 5.96 Å². The second-order valence-corrected chi connectivity index (χ2v) is 7.16. The number of carbonyl (C=O) groups is 1. The van der Waals surface area contributed by atoms with Gasteiger partial charge in [-0.1, -0.05) is 0 Å². The molecule has 1 amide bonds. The quantitative estimate of drug-likeness (QED) is 0.351. The number of hydrogen-bond donors (Lipinski definition) is 1. The van der Waals surface area contributed by atoms with Crippen molar-refractivity contribution in [2.75, 3.05) is 65.6 Å². The van der Waals surface area contributed by atoms with Gasteiger partial charge in [0, 0.05) is 51.4 Å². The van der Waals surface area contributed by atoms with E-state index in [1.807, 2.05) is 11.8 Å². The fraction of sp³-hybridized carbons (Fsp3) is 0.600. The van der Waals surface area contributed by atoms with Gasteiger partial charge in [0.05, 0.1) is 26.3 Å². The SMILES string of the molecule is CCNC(=NCc1cc(F)ccc1F)N1CCN(CC(=O)N2CCOCC2)CC1.I. The lowest BCUT2D eigenvalue weighted by atomic mass is 10.2. The van der Waals surface area contributed by atoms with Crippen molar-refractivity contribution in [3.05, 3.63) is 35.4 Å². The standard InChI is InChI=1S/C20H29F2N5O2.HI/c1-2-23-20(24-14-16-13-17(21)3-4-18(16)22)27-7-5-25(6-8-27)15-19(28)26-9-11-29-12-10-26;/h3-4,13H,2,5-12,14-15H2,1H3,(H,23,24);1H. The molecule has 168 valence electrons. The molecule has 0 bridgehead atoms. The fourth-order valence-corrected chi connectivity index (χ4v) is 3.47. The fourth-order valence-electron chi connectivity index (χ4n) is 3.47. The van der Waals surface area contributed by atoms with Crippen LogP contribution in [0.1, 0.15) is 12.5 Å². The minimum atomic E-state index is -0.472. The number of guanidine groups is 1. The van der Waals surface area contributed by atoms with E-state index < -0.39 is 11.6 Å². The number of nitrogens with zero attached hydrogens (tertiary/aromatic N) is 4. The van der Waals surface area contributed by atoms with Crippen LogP contribution in [0.15, 0.2) is 23.2 Å². The number of piperazine rings is 1. The largest absolute Gasteiger partial charge is 0.378 e. The summed E-state index contributed by atoms with van der Waals surface area (Å²) >= 11 is 0. The van der Waals surface area contributed by atoms with E-state index in [1.165, 1.54) is 6.07 Å². The van der Waals surface area contributed by atoms with Gasteiger partial charge >= 0.3 is 0 Å². The smallest absolute Gasteiger partial charge is 0.236 e. The first-order valence-corrected chi connectivity index (χ1v) is 10.1. The second-order valence-electron chi connectivity index (χ2n) is 7.16. The molecule has 0 aliphatic carbocycles. The van der Waals surface area contributed by atoms with Crippen LogP contribution in [0, 0.1) is 11.6 Å². The van der Waals surface area contributed by atoms with E-state index in [0.717, 1.165) is 25.2 Å². The number of rotatable bonds is 5. The third-order valence-electron chi connectivity index (χ3n) is 5.14. The number of ether oxygens (including phenoxy) is 1. The van der Waals surface area contributed by atoms with Gasteiger partial charge in [0.2, 0.25) is 5.91 Å². The number of aliphatic imine (C=N–C) groups is 1. The summed E-state index contributed by atoms with van der Waals surface area (Å²) in [5.41, 5.74) is 0.232. The number of halogens is 3. The maximum atomic E-state index is 13.9. The molecule has 2 aliphatic heterocycles. The highest BCUT2D eigenvalue weighted by atomic mass is 127. The zero-order chi connectivity index (χ0) is 20.6. The van der Waals surface area contributed by atoms with Gasteiger partial charge < -0.3 is 19.9 Å². The molecule has 2 fully saturated rings. The van der Waals surface area contributed by atoms with Gasteiger partial charge in [-0.25, -0.2) is 13.8 Å². The highest BCUT2D eigenvalue weighted by Gasteiger charge is 2.24. The van der Waals surface area contributed by atoms with E-state index in [4.69, 9.17) is 4.74 Å². The van der Waals surface area contributed by atoms with Crippen LogP contribution < -0.4 is 5.32 Å². The summed E-state index contributed by atoms with van der Waals surface area (Å²) < 4.78 is 32.5. The molecule has 0 radical (unpaired) electrons. The lowest BCUT2D eigenvalue weighted by molar-refractivity contribution is -0.136. The van der Waals surface area contributed by atoms with Crippen LogP contribution in [-0.2, 0) is 16.1 Å². The number of nitrogens with one attached hydrogen (secondary N) is 1. The summed E-state index contributed by atoms with van der Waals surface area (Å²) in [6, 6.07) is 3.40. The molecule has 30 heavy (non-hydrogen) atoms. The number of amides is 1. The molecule has 3 rings (SSSR count). The Hall–Kier alpha value is -1.53. The Morgan fingerprint density at radius 3 is 2.47 bits per heavy atom. The average Bonchev–Trinajstić information content (AvgIpc) is 2.74. The lowest BCUT2D eigenvalue weighted by Gasteiger charge is -2.37. The molecule has 0 saturated carbocycles. The third-order valence-corrected chi connectivity index (χ3v) is 5.14. The van der Waals surface area contributed by atoms with Gasteiger partial charge in [0.1, 0.15) is 11.6 Å². The Kier molecular flexibility index (Phi) is 10.2. The summed E-state index contributed by atoms with van der Waals surface area (Å²) in [5, 5.41) is 3.22. The van der Waals surface area contributed by atoms with Gasteiger partial charge in [-0.15, -0.1) is 24.0 Å². The molecule has 0 aromatic heterocycles. The van der Waals surface area contributed by atoms with Gasteiger partial charge in [0.25, 0.3) is 0 Å². The van der Waals surface area contributed by atoms with E-state index in [1.54, 1.807) is 0 Å². The van der Waals surface area contributed by atoms with Crippen molar-refractivity contribution in [1.29, 1.82) is 0 Å². The first-order chi connectivity index (χ1) is 14.1. The molecular weight excluding hydrogens is 507 g/mol.